The van der Waals surface area contributed by atoms with Gasteiger partial charge >= 0.3 is 0 Å². The Balaban J connectivity index is 1.73. The lowest BCUT2D eigenvalue weighted by Gasteiger charge is -2.11. The van der Waals surface area contributed by atoms with E-state index in [0.717, 1.165) is 11.1 Å². The molecule has 0 amide bonds. The molecular formula is C17H18N4O3S. The average Bonchev–Trinajstić information content (AvgIpc) is 3.15. The number of fused-ring (bicyclic) bond motifs is 1. The molecule has 0 radical (unpaired) electrons. The maximum Gasteiger partial charge on any atom is 0.264 e. The predicted octanol–water partition coefficient (Wildman–Crippen LogP) is 1.31. The van der Waals surface area contributed by atoms with Gasteiger partial charge in [-0.15, -0.1) is 0 Å². The molecule has 130 valence electrons. The highest BCUT2D eigenvalue weighted by atomic mass is 32.2. The third kappa shape index (κ3) is 2.86. The summed E-state index contributed by atoms with van der Waals surface area (Å²) in [7, 11) is -3.03. The summed E-state index contributed by atoms with van der Waals surface area (Å²) in [5.74, 6) is 0.209. The van der Waals surface area contributed by atoms with Crippen molar-refractivity contribution in [2.45, 2.75) is 25.9 Å². The summed E-state index contributed by atoms with van der Waals surface area (Å²) >= 11 is 0. The van der Waals surface area contributed by atoms with E-state index in [2.05, 4.69) is 10.1 Å². The van der Waals surface area contributed by atoms with Gasteiger partial charge in [-0.3, -0.25) is 9.36 Å². The summed E-state index contributed by atoms with van der Waals surface area (Å²) in [6.45, 7) is 2.45. The molecular weight excluding hydrogens is 340 g/mol. The Morgan fingerprint density at radius 2 is 2.08 bits per heavy atom. The SMILES string of the molecule is Cc1ccccc1Cn1cnc2c(cnn2C2CCS(=O)(=O)C2)c1=O. The Labute approximate surface area is 144 Å². The van der Waals surface area contributed by atoms with Gasteiger partial charge in [0.1, 0.15) is 11.7 Å². The highest BCUT2D eigenvalue weighted by Gasteiger charge is 2.31. The minimum atomic E-state index is -3.03. The molecule has 1 aliphatic rings. The first kappa shape index (κ1) is 16.0. The normalized spacial score (nSPS) is 19.5. The Kier molecular flexibility index (Phi) is 3.72. The van der Waals surface area contributed by atoms with Crippen LogP contribution in [0.1, 0.15) is 23.6 Å². The van der Waals surface area contributed by atoms with Crippen LogP contribution >= 0.6 is 0 Å². The molecule has 25 heavy (non-hydrogen) atoms. The molecule has 1 atom stereocenters. The molecule has 0 spiro atoms. The van der Waals surface area contributed by atoms with E-state index in [1.54, 1.807) is 9.25 Å². The van der Waals surface area contributed by atoms with E-state index in [-0.39, 0.29) is 23.1 Å². The molecule has 1 aliphatic heterocycles. The first-order valence-corrected chi connectivity index (χ1v) is 9.94. The zero-order valence-corrected chi connectivity index (χ0v) is 14.6. The number of sulfone groups is 1. The van der Waals surface area contributed by atoms with Crippen LogP contribution in [-0.2, 0) is 16.4 Å². The number of hydrogen-bond acceptors (Lipinski definition) is 5. The highest BCUT2D eigenvalue weighted by Crippen LogP contribution is 2.25. The van der Waals surface area contributed by atoms with E-state index in [4.69, 9.17) is 0 Å². The fourth-order valence-electron chi connectivity index (χ4n) is 3.29. The topological polar surface area (TPSA) is 86.8 Å². The van der Waals surface area contributed by atoms with Crippen LogP contribution in [-0.4, -0.2) is 39.3 Å². The zero-order valence-electron chi connectivity index (χ0n) is 13.8. The zero-order chi connectivity index (χ0) is 17.6. The van der Waals surface area contributed by atoms with Gasteiger partial charge in [0.2, 0.25) is 0 Å². The lowest BCUT2D eigenvalue weighted by Crippen LogP contribution is -2.22. The van der Waals surface area contributed by atoms with Crippen molar-refractivity contribution in [1.29, 1.82) is 0 Å². The van der Waals surface area contributed by atoms with Gasteiger partial charge in [-0.1, -0.05) is 24.3 Å². The van der Waals surface area contributed by atoms with Crippen LogP contribution in [0.15, 0.2) is 41.6 Å². The molecule has 1 saturated heterocycles. The van der Waals surface area contributed by atoms with Crippen molar-refractivity contribution in [1.82, 2.24) is 19.3 Å². The lowest BCUT2D eigenvalue weighted by molar-refractivity contribution is 0.511. The Morgan fingerprint density at radius 1 is 1.28 bits per heavy atom. The second-order valence-electron chi connectivity index (χ2n) is 6.49. The van der Waals surface area contributed by atoms with Crippen LogP contribution in [0.5, 0.6) is 0 Å². The highest BCUT2D eigenvalue weighted by molar-refractivity contribution is 7.91. The van der Waals surface area contributed by atoms with Crippen LogP contribution < -0.4 is 5.56 Å². The number of hydrogen-bond donors (Lipinski definition) is 0. The van der Waals surface area contributed by atoms with Crippen molar-refractivity contribution in [2.75, 3.05) is 11.5 Å². The van der Waals surface area contributed by atoms with E-state index >= 15 is 0 Å². The maximum atomic E-state index is 12.8. The van der Waals surface area contributed by atoms with Crippen molar-refractivity contribution >= 4 is 20.9 Å². The summed E-state index contributed by atoms with van der Waals surface area (Å²) < 4.78 is 26.5. The van der Waals surface area contributed by atoms with Crippen LogP contribution in [0.25, 0.3) is 11.0 Å². The van der Waals surface area contributed by atoms with Gasteiger partial charge in [0.25, 0.3) is 5.56 Å². The van der Waals surface area contributed by atoms with Gasteiger partial charge < -0.3 is 0 Å². The van der Waals surface area contributed by atoms with Gasteiger partial charge in [-0.2, -0.15) is 5.10 Å². The third-order valence-electron chi connectivity index (χ3n) is 4.74. The molecule has 7 nitrogen and oxygen atoms in total. The molecule has 0 N–H and O–H groups in total. The van der Waals surface area contributed by atoms with Crippen molar-refractivity contribution in [2.24, 2.45) is 0 Å². The number of rotatable bonds is 3. The molecule has 1 unspecified atom stereocenters. The van der Waals surface area contributed by atoms with E-state index in [1.165, 1.54) is 12.5 Å². The van der Waals surface area contributed by atoms with Crippen LogP contribution in [0.2, 0.25) is 0 Å². The van der Waals surface area contributed by atoms with Crippen LogP contribution in [0.3, 0.4) is 0 Å². The molecule has 0 saturated carbocycles. The molecule has 3 heterocycles. The molecule has 2 aromatic heterocycles. The smallest absolute Gasteiger partial charge is 0.264 e. The Morgan fingerprint density at radius 3 is 2.80 bits per heavy atom. The lowest BCUT2D eigenvalue weighted by atomic mass is 10.1. The van der Waals surface area contributed by atoms with Crippen molar-refractivity contribution in [3.05, 3.63) is 58.3 Å². The van der Waals surface area contributed by atoms with Crippen molar-refractivity contribution < 1.29 is 8.42 Å². The van der Waals surface area contributed by atoms with Gasteiger partial charge in [0, 0.05) is 0 Å². The summed E-state index contributed by atoms with van der Waals surface area (Å²) in [5.41, 5.74) is 2.45. The maximum absolute atomic E-state index is 12.8. The molecule has 0 bridgehead atoms. The summed E-state index contributed by atoms with van der Waals surface area (Å²) in [6, 6.07) is 7.64. The molecule has 0 aliphatic carbocycles. The first-order chi connectivity index (χ1) is 11.9. The van der Waals surface area contributed by atoms with E-state index in [9.17, 15) is 13.2 Å². The molecule has 1 aromatic carbocycles. The second-order valence-corrected chi connectivity index (χ2v) is 8.72. The fourth-order valence-corrected chi connectivity index (χ4v) is 4.98. The Bertz CT molecular complexity index is 1110. The Hall–Kier alpha value is -2.48. The van der Waals surface area contributed by atoms with Crippen LogP contribution in [0.4, 0.5) is 0 Å². The number of nitrogens with zero attached hydrogens (tertiary/aromatic N) is 4. The van der Waals surface area contributed by atoms with Crippen molar-refractivity contribution in [3.8, 4) is 0 Å². The molecule has 8 heteroatoms. The first-order valence-electron chi connectivity index (χ1n) is 8.12. The van der Waals surface area contributed by atoms with Crippen molar-refractivity contribution in [3.63, 3.8) is 0 Å². The van der Waals surface area contributed by atoms with E-state index in [1.807, 2.05) is 31.2 Å². The second kappa shape index (κ2) is 5.80. The third-order valence-corrected chi connectivity index (χ3v) is 6.49. The molecule has 1 fully saturated rings. The minimum absolute atomic E-state index is 0.0533. The number of benzene rings is 1. The van der Waals surface area contributed by atoms with Crippen LogP contribution in [0, 0.1) is 6.92 Å². The monoisotopic (exact) mass is 358 g/mol. The standard InChI is InChI=1S/C17H18N4O3S/c1-12-4-2-3-5-13(12)9-20-11-18-16-15(17(20)22)8-19-21(16)14-6-7-25(23,24)10-14/h2-5,8,11,14H,6-7,9-10H2,1H3. The van der Waals surface area contributed by atoms with Gasteiger partial charge in [0.05, 0.1) is 30.3 Å². The van der Waals surface area contributed by atoms with E-state index < -0.39 is 9.84 Å². The minimum Gasteiger partial charge on any atom is -0.294 e. The summed E-state index contributed by atoms with van der Waals surface area (Å²) in [5, 5.41) is 4.66. The van der Waals surface area contributed by atoms with E-state index in [0.29, 0.717) is 24.0 Å². The number of aromatic nitrogens is 4. The largest absolute Gasteiger partial charge is 0.294 e. The fraction of sp³-hybridized carbons (Fsp3) is 0.353. The number of aryl methyl sites for hydroxylation is 1. The quantitative estimate of drug-likeness (QED) is 0.704. The molecule has 4 rings (SSSR count). The summed E-state index contributed by atoms with van der Waals surface area (Å²) in [4.78, 5) is 17.1. The summed E-state index contributed by atoms with van der Waals surface area (Å²) in [6.07, 6.45) is 3.51. The van der Waals surface area contributed by atoms with Gasteiger partial charge in [-0.05, 0) is 24.5 Å². The predicted molar refractivity (Wildman–Crippen MR) is 94.4 cm³/mol. The van der Waals surface area contributed by atoms with Gasteiger partial charge in [0.15, 0.2) is 15.5 Å². The molecule has 3 aromatic rings. The average molecular weight is 358 g/mol. The van der Waals surface area contributed by atoms with Gasteiger partial charge in [-0.25, -0.2) is 18.1 Å².